The normalized spacial score (nSPS) is 16.1. The Hall–Kier alpha value is -1.60. The molecule has 1 aliphatic heterocycles. The van der Waals surface area contributed by atoms with E-state index in [2.05, 4.69) is 25.6 Å². The third-order valence-corrected chi connectivity index (χ3v) is 4.43. The van der Waals surface area contributed by atoms with E-state index in [1.54, 1.807) is 6.20 Å². The summed E-state index contributed by atoms with van der Waals surface area (Å²) in [6, 6.07) is 0. The number of hydrogen-bond donors (Lipinski definition) is 2. The van der Waals surface area contributed by atoms with Gasteiger partial charge in [0.05, 0.1) is 11.9 Å². The molecule has 0 spiro atoms. The number of piperidine rings is 1. The third-order valence-electron chi connectivity index (χ3n) is 3.60. The summed E-state index contributed by atoms with van der Waals surface area (Å²) >= 11 is 1.52. The minimum absolute atomic E-state index is 0.325. The fourth-order valence-corrected chi connectivity index (χ4v) is 3.13. The first-order valence-corrected chi connectivity index (χ1v) is 7.94. The van der Waals surface area contributed by atoms with Crippen molar-refractivity contribution in [2.24, 2.45) is 5.92 Å². The lowest BCUT2D eigenvalue weighted by atomic mass is 9.93. The number of hydrogen-bond acceptors (Lipinski definition) is 6. The summed E-state index contributed by atoms with van der Waals surface area (Å²) < 4.78 is 13.9. The first kappa shape index (κ1) is 14.3. The van der Waals surface area contributed by atoms with Crippen LogP contribution >= 0.6 is 11.3 Å². The van der Waals surface area contributed by atoms with Crippen LogP contribution < -0.4 is 10.6 Å². The summed E-state index contributed by atoms with van der Waals surface area (Å²) in [7, 11) is 0. The molecule has 0 unspecified atom stereocenters. The predicted molar refractivity (Wildman–Crippen MR) is 81.4 cm³/mol. The maximum absolute atomic E-state index is 13.9. The topological polar surface area (TPSA) is 62.7 Å². The van der Waals surface area contributed by atoms with E-state index in [0.29, 0.717) is 24.0 Å². The van der Waals surface area contributed by atoms with Crippen LogP contribution in [0, 0.1) is 18.7 Å². The molecule has 0 atom stereocenters. The van der Waals surface area contributed by atoms with Gasteiger partial charge in [-0.15, -0.1) is 11.3 Å². The zero-order valence-corrected chi connectivity index (χ0v) is 12.7. The van der Waals surface area contributed by atoms with Gasteiger partial charge in [-0.1, -0.05) is 0 Å². The van der Waals surface area contributed by atoms with Crippen LogP contribution in [0.2, 0.25) is 0 Å². The highest BCUT2D eigenvalue weighted by Gasteiger charge is 2.17. The van der Waals surface area contributed by atoms with Gasteiger partial charge < -0.3 is 10.6 Å². The second-order valence-electron chi connectivity index (χ2n) is 5.29. The molecular weight excluding hydrogens is 289 g/mol. The van der Waals surface area contributed by atoms with Crippen molar-refractivity contribution in [2.45, 2.75) is 26.2 Å². The largest absolute Gasteiger partial charge is 0.317 e. The summed E-state index contributed by atoms with van der Waals surface area (Å²) in [4.78, 5) is 13.6. The predicted octanol–water partition coefficient (Wildman–Crippen LogP) is 2.67. The zero-order valence-electron chi connectivity index (χ0n) is 11.9. The number of thiazole rings is 1. The average molecular weight is 307 g/mol. The van der Waals surface area contributed by atoms with E-state index in [1.165, 1.54) is 17.5 Å². The van der Waals surface area contributed by atoms with Crippen LogP contribution in [0.1, 0.15) is 23.4 Å². The molecule has 2 aromatic rings. The van der Waals surface area contributed by atoms with Crippen molar-refractivity contribution in [1.82, 2.24) is 20.3 Å². The highest BCUT2D eigenvalue weighted by atomic mass is 32.1. The summed E-state index contributed by atoms with van der Waals surface area (Å²) in [5, 5.41) is 7.08. The first-order chi connectivity index (χ1) is 10.2. The molecule has 0 aliphatic carbocycles. The number of aromatic nitrogens is 3. The molecule has 1 fully saturated rings. The highest BCUT2D eigenvalue weighted by Crippen LogP contribution is 2.22. The van der Waals surface area contributed by atoms with Crippen LogP contribution in [0.15, 0.2) is 12.4 Å². The van der Waals surface area contributed by atoms with Gasteiger partial charge in [-0.25, -0.2) is 19.3 Å². The molecule has 3 heterocycles. The van der Waals surface area contributed by atoms with E-state index >= 15 is 0 Å². The Morgan fingerprint density at radius 2 is 2.14 bits per heavy atom. The zero-order chi connectivity index (χ0) is 14.7. The van der Waals surface area contributed by atoms with E-state index in [9.17, 15) is 4.39 Å². The van der Waals surface area contributed by atoms with Crippen LogP contribution in [0.4, 0.5) is 15.5 Å². The van der Waals surface area contributed by atoms with E-state index < -0.39 is 0 Å². The molecule has 0 amide bonds. The van der Waals surface area contributed by atoms with Crippen LogP contribution in [0.5, 0.6) is 0 Å². The third kappa shape index (κ3) is 3.74. The molecular formula is C14H18FN5S. The smallest absolute Gasteiger partial charge is 0.229 e. The van der Waals surface area contributed by atoms with Crippen molar-refractivity contribution in [3.8, 4) is 0 Å². The Morgan fingerprint density at radius 3 is 2.86 bits per heavy atom. The molecule has 2 aromatic heterocycles. The van der Waals surface area contributed by atoms with Crippen molar-refractivity contribution >= 4 is 22.4 Å². The van der Waals surface area contributed by atoms with Crippen molar-refractivity contribution in [3.63, 3.8) is 0 Å². The van der Waals surface area contributed by atoms with E-state index in [4.69, 9.17) is 0 Å². The summed E-state index contributed by atoms with van der Waals surface area (Å²) in [5.41, 5.74) is 0.493. The van der Waals surface area contributed by atoms with Crippen molar-refractivity contribution < 1.29 is 4.39 Å². The number of nitrogens with zero attached hydrogens (tertiary/aromatic N) is 3. The van der Waals surface area contributed by atoms with Gasteiger partial charge in [0.2, 0.25) is 5.95 Å². The van der Waals surface area contributed by atoms with Crippen LogP contribution in [-0.2, 0) is 6.42 Å². The Kier molecular flexibility index (Phi) is 4.40. The number of rotatable bonds is 4. The Balaban J connectivity index is 1.72. The van der Waals surface area contributed by atoms with Gasteiger partial charge >= 0.3 is 0 Å². The maximum Gasteiger partial charge on any atom is 0.229 e. The average Bonchev–Trinajstić information content (AvgIpc) is 2.89. The Labute approximate surface area is 127 Å². The first-order valence-electron chi connectivity index (χ1n) is 7.12. The van der Waals surface area contributed by atoms with Crippen molar-refractivity contribution in [3.05, 3.63) is 28.8 Å². The molecule has 112 valence electrons. The molecule has 21 heavy (non-hydrogen) atoms. The molecule has 3 rings (SSSR count). The van der Waals surface area contributed by atoms with Gasteiger partial charge in [0.1, 0.15) is 0 Å². The Morgan fingerprint density at radius 1 is 1.33 bits per heavy atom. The molecule has 1 aliphatic rings. The van der Waals surface area contributed by atoms with Gasteiger partial charge in [-0.2, -0.15) is 0 Å². The van der Waals surface area contributed by atoms with Crippen molar-refractivity contribution in [2.75, 3.05) is 18.4 Å². The van der Waals surface area contributed by atoms with Gasteiger partial charge in [0.25, 0.3) is 0 Å². The van der Waals surface area contributed by atoms with E-state index in [-0.39, 0.29) is 5.82 Å². The summed E-state index contributed by atoms with van der Waals surface area (Å²) in [5.74, 6) is 0.578. The minimum Gasteiger partial charge on any atom is -0.317 e. The van der Waals surface area contributed by atoms with Gasteiger partial charge in [-0.3, -0.25) is 0 Å². The second-order valence-corrected chi connectivity index (χ2v) is 6.52. The molecule has 1 saturated heterocycles. The molecule has 0 aromatic carbocycles. The number of aryl methyl sites for hydroxylation is 1. The maximum atomic E-state index is 13.9. The molecule has 5 nitrogen and oxygen atoms in total. The second kappa shape index (κ2) is 6.44. The minimum atomic E-state index is -0.325. The lowest BCUT2D eigenvalue weighted by molar-refractivity contribution is 0.365. The Bertz CT molecular complexity index is 609. The van der Waals surface area contributed by atoms with Gasteiger partial charge in [-0.05, 0) is 45.2 Å². The standard InChI is InChI=1S/C14H18FN5S/c1-9-7-18-14(21-9)20-13-17-8-11(15)12(19-13)6-10-2-4-16-5-3-10/h7-8,10,16H,2-6H2,1H3,(H,17,18,19,20). The quantitative estimate of drug-likeness (QED) is 0.909. The monoisotopic (exact) mass is 307 g/mol. The SMILES string of the molecule is Cc1cnc(Nc2ncc(F)c(CC3CCNCC3)n2)s1. The fraction of sp³-hybridized carbons (Fsp3) is 0.500. The lowest BCUT2D eigenvalue weighted by Gasteiger charge is -2.22. The highest BCUT2D eigenvalue weighted by molar-refractivity contribution is 7.15. The number of anilines is 2. The molecule has 0 saturated carbocycles. The number of nitrogens with one attached hydrogen (secondary N) is 2. The van der Waals surface area contributed by atoms with Crippen molar-refractivity contribution in [1.29, 1.82) is 0 Å². The van der Waals surface area contributed by atoms with E-state index in [0.717, 1.165) is 35.9 Å². The van der Waals surface area contributed by atoms with E-state index in [1.807, 2.05) is 6.92 Å². The van der Waals surface area contributed by atoms with Gasteiger partial charge in [0, 0.05) is 11.1 Å². The summed E-state index contributed by atoms with van der Waals surface area (Å²) in [6.45, 7) is 3.98. The lowest BCUT2D eigenvalue weighted by Crippen LogP contribution is -2.29. The molecule has 0 bridgehead atoms. The fourth-order valence-electron chi connectivity index (χ4n) is 2.47. The molecule has 7 heteroatoms. The van der Waals surface area contributed by atoms with Crippen LogP contribution in [-0.4, -0.2) is 28.0 Å². The molecule has 0 radical (unpaired) electrons. The summed E-state index contributed by atoms with van der Waals surface area (Å²) in [6.07, 6.45) is 5.83. The molecule has 2 N–H and O–H groups in total. The van der Waals surface area contributed by atoms with Gasteiger partial charge in [0.15, 0.2) is 10.9 Å². The number of halogens is 1. The van der Waals surface area contributed by atoms with Crippen LogP contribution in [0.25, 0.3) is 0 Å². The van der Waals surface area contributed by atoms with Crippen LogP contribution in [0.3, 0.4) is 0 Å².